The number of benzene rings is 2. The van der Waals surface area contributed by atoms with E-state index in [4.69, 9.17) is 10.00 Å². The predicted octanol–water partition coefficient (Wildman–Crippen LogP) is 2.24. The number of hydrogen-bond acceptors (Lipinski definition) is 3. The summed E-state index contributed by atoms with van der Waals surface area (Å²) in [6.45, 7) is 3.09. The van der Waals surface area contributed by atoms with Gasteiger partial charge in [0.2, 0.25) is 0 Å². The van der Waals surface area contributed by atoms with Crippen molar-refractivity contribution in [1.29, 1.82) is 5.26 Å². The largest absolute Gasteiger partial charge is 0.488 e. The Bertz CT molecular complexity index is 756. The van der Waals surface area contributed by atoms with Crippen molar-refractivity contribution in [2.45, 2.75) is 13.0 Å². The van der Waals surface area contributed by atoms with Gasteiger partial charge in [0, 0.05) is 10.2 Å². The lowest BCUT2D eigenvalue weighted by molar-refractivity contribution is -0.894. The molecule has 25 heavy (non-hydrogen) atoms. The Morgan fingerprint density at radius 2 is 2.04 bits per heavy atom. The molecule has 0 aromatic heterocycles. The van der Waals surface area contributed by atoms with Gasteiger partial charge in [-0.15, -0.1) is 0 Å². The molecule has 2 N–H and O–H groups in total. The molecule has 0 aliphatic carbocycles. The molecule has 2 aromatic rings. The van der Waals surface area contributed by atoms with Crippen molar-refractivity contribution >= 4 is 27.5 Å². The number of rotatable bonds is 7. The number of ether oxygens (including phenoxy) is 1. The lowest BCUT2D eigenvalue weighted by Gasteiger charge is -2.21. The molecular weight excluding hydrogens is 382 g/mol. The molecule has 0 aliphatic heterocycles. The van der Waals surface area contributed by atoms with E-state index in [1.165, 1.54) is 0 Å². The summed E-state index contributed by atoms with van der Waals surface area (Å²) in [6.07, 6.45) is 0. The third kappa shape index (κ3) is 5.89. The maximum atomic E-state index is 12.4. The minimum absolute atomic E-state index is 0.0868. The minimum Gasteiger partial charge on any atom is -0.488 e. The number of nitrogens with one attached hydrogen (secondary N) is 2. The SMILES string of the molecule is C[C@@H](C(=O)Nc1cccc(C#N)c1)[NH+](C)CCOc1ccc(Br)cc1. The van der Waals surface area contributed by atoms with Gasteiger partial charge in [0.1, 0.15) is 18.9 Å². The van der Waals surface area contributed by atoms with E-state index in [2.05, 4.69) is 27.3 Å². The van der Waals surface area contributed by atoms with Crippen molar-refractivity contribution in [2.24, 2.45) is 0 Å². The molecule has 0 heterocycles. The Morgan fingerprint density at radius 3 is 2.72 bits per heavy atom. The molecule has 0 saturated heterocycles. The Balaban J connectivity index is 1.81. The summed E-state index contributed by atoms with van der Waals surface area (Å²) < 4.78 is 6.71. The first kappa shape index (κ1) is 19.0. The van der Waals surface area contributed by atoms with Crippen molar-refractivity contribution in [2.75, 3.05) is 25.5 Å². The number of anilines is 1. The first-order valence-electron chi connectivity index (χ1n) is 8.01. The lowest BCUT2D eigenvalue weighted by atomic mass is 10.2. The van der Waals surface area contributed by atoms with Crippen LogP contribution >= 0.6 is 15.9 Å². The molecule has 2 rings (SSSR count). The van der Waals surface area contributed by atoms with Gasteiger partial charge in [0.25, 0.3) is 5.91 Å². The number of nitrogens with zero attached hydrogens (tertiary/aromatic N) is 1. The van der Waals surface area contributed by atoms with E-state index in [0.717, 1.165) is 15.1 Å². The van der Waals surface area contributed by atoms with E-state index in [1.54, 1.807) is 24.3 Å². The van der Waals surface area contributed by atoms with Gasteiger partial charge in [-0.3, -0.25) is 4.79 Å². The molecule has 2 aromatic carbocycles. The average Bonchev–Trinajstić information content (AvgIpc) is 2.62. The van der Waals surface area contributed by atoms with Gasteiger partial charge in [0.05, 0.1) is 18.7 Å². The van der Waals surface area contributed by atoms with Crippen LogP contribution in [0.2, 0.25) is 0 Å². The van der Waals surface area contributed by atoms with Crippen molar-refractivity contribution < 1.29 is 14.4 Å². The summed E-state index contributed by atoms with van der Waals surface area (Å²) in [5, 5.41) is 11.8. The van der Waals surface area contributed by atoms with Crippen LogP contribution < -0.4 is 15.0 Å². The van der Waals surface area contributed by atoms with Crippen LogP contribution in [0.15, 0.2) is 53.0 Å². The van der Waals surface area contributed by atoms with Crippen LogP contribution in [0.25, 0.3) is 0 Å². The van der Waals surface area contributed by atoms with Crippen molar-refractivity contribution in [1.82, 2.24) is 0 Å². The summed E-state index contributed by atoms with van der Waals surface area (Å²) in [5.41, 5.74) is 1.16. The van der Waals surface area contributed by atoms with Gasteiger partial charge < -0.3 is 15.0 Å². The zero-order valence-electron chi connectivity index (χ0n) is 14.3. The fourth-order valence-electron chi connectivity index (χ4n) is 2.22. The van der Waals surface area contributed by atoms with E-state index in [0.29, 0.717) is 24.4 Å². The molecule has 2 atom stereocenters. The number of carbonyl (C=O) groups is 1. The molecule has 130 valence electrons. The first-order valence-corrected chi connectivity index (χ1v) is 8.80. The highest BCUT2D eigenvalue weighted by Gasteiger charge is 2.21. The molecule has 0 saturated carbocycles. The van der Waals surface area contributed by atoms with Gasteiger partial charge in [-0.1, -0.05) is 22.0 Å². The summed E-state index contributed by atoms with van der Waals surface area (Å²) in [6, 6.07) is 16.4. The van der Waals surface area contributed by atoms with Crippen LogP contribution in [-0.2, 0) is 4.79 Å². The third-order valence-corrected chi connectivity index (χ3v) is 4.50. The molecule has 1 unspecified atom stereocenters. The van der Waals surface area contributed by atoms with Crippen LogP contribution in [0.1, 0.15) is 12.5 Å². The Labute approximate surface area is 156 Å². The van der Waals surface area contributed by atoms with E-state index in [1.807, 2.05) is 38.2 Å². The summed E-state index contributed by atoms with van der Waals surface area (Å²) >= 11 is 3.39. The normalized spacial score (nSPS) is 12.7. The molecule has 6 heteroatoms. The maximum Gasteiger partial charge on any atom is 0.282 e. The fourth-order valence-corrected chi connectivity index (χ4v) is 2.48. The van der Waals surface area contributed by atoms with Crippen LogP contribution in [0.5, 0.6) is 5.75 Å². The fraction of sp³-hybridized carbons (Fsp3) is 0.263. The average molecular weight is 403 g/mol. The van der Waals surface area contributed by atoms with Gasteiger partial charge in [-0.2, -0.15) is 5.26 Å². The topological polar surface area (TPSA) is 66.6 Å². The van der Waals surface area contributed by atoms with E-state index < -0.39 is 0 Å². The van der Waals surface area contributed by atoms with Crippen LogP contribution in [-0.4, -0.2) is 32.1 Å². The Kier molecular flexibility index (Phi) is 6.99. The van der Waals surface area contributed by atoms with E-state index in [-0.39, 0.29) is 11.9 Å². The highest BCUT2D eigenvalue weighted by molar-refractivity contribution is 9.10. The number of halogens is 1. The number of quaternary nitrogens is 1. The number of likely N-dealkylation sites (N-methyl/N-ethyl adjacent to an activating group) is 1. The van der Waals surface area contributed by atoms with Gasteiger partial charge >= 0.3 is 0 Å². The van der Waals surface area contributed by atoms with Gasteiger partial charge in [-0.25, -0.2) is 0 Å². The monoisotopic (exact) mass is 402 g/mol. The zero-order valence-corrected chi connectivity index (χ0v) is 15.8. The van der Waals surface area contributed by atoms with Gasteiger partial charge in [-0.05, 0) is 49.4 Å². The Hall–Kier alpha value is -2.36. The standard InChI is InChI=1S/C19H20BrN3O2/c1-14(19(24)22-17-5-3-4-15(12-17)13-21)23(2)10-11-25-18-8-6-16(20)7-9-18/h3-9,12,14H,10-11H2,1-2H3,(H,22,24)/p+1/t14-/m0/s1. The lowest BCUT2D eigenvalue weighted by Crippen LogP contribution is -3.14. The smallest absolute Gasteiger partial charge is 0.282 e. The first-order chi connectivity index (χ1) is 12.0. The molecule has 5 nitrogen and oxygen atoms in total. The van der Waals surface area contributed by atoms with Crippen LogP contribution in [0.3, 0.4) is 0 Å². The molecular formula is C19H21BrN3O2+. The van der Waals surface area contributed by atoms with Crippen LogP contribution in [0.4, 0.5) is 5.69 Å². The predicted molar refractivity (Wildman–Crippen MR) is 101 cm³/mol. The molecule has 0 radical (unpaired) electrons. The maximum absolute atomic E-state index is 12.4. The van der Waals surface area contributed by atoms with Gasteiger partial charge in [0.15, 0.2) is 6.04 Å². The van der Waals surface area contributed by atoms with Crippen molar-refractivity contribution in [3.8, 4) is 11.8 Å². The minimum atomic E-state index is -0.237. The quantitative estimate of drug-likeness (QED) is 0.746. The summed E-state index contributed by atoms with van der Waals surface area (Å²) in [5.74, 6) is 0.720. The highest BCUT2D eigenvalue weighted by atomic mass is 79.9. The number of nitriles is 1. The second kappa shape index (κ2) is 9.21. The van der Waals surface area contributed by atoms with Crippen LogP contribution in [0, 0.1) is 11.3 Å². The molecule has 1 amide bonds. The van der Waals surface area contributed by atoms with Crippen molar-refractivity contribution in [3.05, 3.63) is 58.6 Å². The molecule has 0 spiro atoms. The number of amides is 1. The molecule has 0 aliphatic rings. The zero-order chi connectivity index (χ0) is 18.2. The summed E-state index contributed by atoms with van der Waals surface area (Å²) in [4.78, 5) is 13.4. The third-order valence-electron chi connectivity index (χ3n) is 3.97. The molecule has 0 bridgehead atoms. The summed E-state index contributed by atoms with van der Waals surface area (Å²) in [7, 11) is 1.96. The van der Waals surface area contributed by atoms with E-state index in [9.17, 15) is 4.79 Å². The highest BCUT2D eigenvalue weighted by Crippen LogP contribution is 2.15. The molecule has 0 fully saturated rings. The number of hydrogen-bond donors (Lipinski definition) is 2. The van der Waals surface area contributed by atoms with Crippen molar-refractivity contribution in [3.63, 3.8) is 0 Å². The Morgan fingerprint density at radius 1 is 1.32 bits per heavy atom. The second-order valence-electron chi connectivity index (χ2n) is 5.80. The number of carbonyl (C=O) groups excluding carboxylic acids is 1. The van der Waals surface area contributed by atoms with E-state index >= 15 is 0 Å². The second-order valence-corrected chi connectivity index (χ2v) is 6.72.